The number of nitrogens with one attached hydrogen (secondary N) is 1. The number of carbonyl (C=O) groups is 3. The number of halogens is 3. The van der Waals surface area contributed by atoms with E-state index < -0.39 is 17.8 Å². The van der Waals surface area contributed by atoms with Gasteiger partial charge in [-0.05, 0) is 72.3 Å². The summed E-state index contributed by atoms with van der Waals surface area (Å²) < 4.78 is 17.8. The predicted molar refractivity (Wildman–Crippen MR) is 144 cm³/mol. The molecule has 0 saturated carbocycles. The number of imide groups is 2. The molecule has 4 amide bonds. The number of carbonyl (C=O) groups excluding carboxylic acids is 3. The number of barbiturate groups is 1. The molecule has 11 heteroatoms. The fourth-order valence-corrected chi connectivity index (χ4v) is 4.11. The van der Waals surface area contributed by atoms with Crippen LogP contribution in [-0.4, -0.2) is 38.2 Å². The molecule has 1 fully saturated rings. The van der Waals surface area contributed by atoms with Crippen molar-refractivity contribution < 1.29 is 28.6 Å². The SMILES string of the molecule is COc1cc(/C=C2/C(=O)NC(=O)N(c3ccc(Cl)cc3)C2=O)cc(Cl)c1OCCOc1ccc(Br)cc1. The van der Waals surface area contributed by atoms with Crippen LogP contribution in [0.2, 0.25) is 10.0 Å². The number of nitrogens with zero attached hydrogens (tertiary/aromatic N) is 1. The van der Waals surface area contributed by atoms with Gasteiger partial charge in [0.25, 0.3) is 11.8 Å². The molecule has 8 nitrogen and oxygen atoms in total. The molecule has 0 radical (unpaired) electrons. The zero-order chi connectivity index (χ0) is 26.5. The van der Waals surface area contributed by atoms with Crippen LogP contribution in [0.3, 0.4) is 0 Å². The number of ether oxygens (including phenoxy) is 3. The summed E-state index contributed by atoms with van der Waals surface area (Å²) in [7, 11) is 1.44. The maximum absolute atomic E-state index is 13.1. The van der Waals surface area contributed by atoms with Gasteiger partial charge < -0.3 is 14.2 Å². The van der Waals surface area contributed by atoms with Gasteiger partial charge in [-0.25, -0.2) is 9.69 Å². The average molecular weight is 606 g/mol. The second-order valence-corrected chi connectivity index (χ2v) is 9.38. The molecular formula is C26H19BrCl2N2O6. The number of hydrogen-bond acceptors (Lipinski definition) is 6. The molecule has 1 aliphatic rings. The summed E-state index contributed by atoms with van der Waals surface area (Å²) in [6.07, 6.45) is 1.32. The highest BCUT2D eigenvalue weighted by atomic mass is 79.9. The van der Waals surface area contributed by atoms with Crippen LogP contribution in [0.15, 0.2) is 70.7 Å². The summed E-state index contributed by atoms with van der Waals surface area (Å²) in [4.78, 5) is 38.8. The van der Waals surface area contributed by atoms with Gasteiger partial charge in [-0.15, -0.1) is 0 Å². The zero-order valence-electron chi connectivity index (χ0n) is 19.3. The first-order valence-electron chi connectivity index (χ1n) is 10.8. The third-order valence-electron chi connectivity index (χ3n) is 5.16. The van der Waals surface area contributed by atoms with E-state index >= 15 is 0 Å². The molecule has 190 valence electrons. The lowest BCUT2D eigenvalue weighted by molar-refractivity contribution is -0.122. The molecule has 1 aliphatic heterocycles. The summed E-state index contributed by atoms with van der Waals surface area (Å²) in [6.45, 7) is 0.446. The number of hydrogen-bond donors (Lipinski definition) is 1. The number of methoxy groups -OCH3 is 1. The van der Waals surface area contributed by atoms with Crippen LogP contribution >= 0.6 is 39.1 Å². The maximum atomic E-state index is 13.1. The van der Waals surface area contributed by atoms with E-state index in [2.05, 4.69) is 21.2 Å². The van der Waals surface area contributed by atoms with Crippen molar-refractivity contribution in [1.29, 1.82) is 0 Å². The van der Waals surface area contributed by atoms with Gasteiger partial charge in [0.05, 0.1) is 17.8 Å². The smallest absolute Gasteiger partial charge is 0.335 e. The van der Waals surface area contributed by atoms with Crippen molar-refractivity contribution in [2.75, 3.05) is 25.2 Å². The molecule has 0 spiro atoms. The Morgan fingerprint density at radius 1 is 0.946 bits per heavy atom. The number of urea groups is 1. The van der Waals surface area contributed by atoms with E-state index in [9.17, 15) is 14.4 Å². The Morgan fingerprint density at radius 2 is 1.62 bits per heavy atom. The molecule has 1 saturated heterocycles. The van der Waals surface area contributed by atoms with E-state index in [1.54, 1.807) is 6.07 Å². The Bertz CT molecular complexity index is 1380. The Balaban J connectivity index is 1.52. The van der Waals surface area contributed by atoms with Crippen LogP contribution in [0.1, 0.15) is 5.56 Å². The predicted octanol–water partition coefficient (Wildman–Crippen LogP) is 5.89. The minimum Gasteiger partial charge on any atom is -0.493 e. The standard InChI is InChI=1S/C26H19BrCl2N2O6/c1-35-22-14-15(13-21(29)23(22)37-11-10-36-19-8-2-16(27)3-9-19)12-20-24(32)30-26(34)31(25(20)33)18-6-4-17(28)5-7-18/h2-9,12-14H,10-11H2,1H3,(H,30,32,34)/b20-12-. The van der Waals surface area contributed by atoms with Gasteiger partial charge >= 0.3 is 6.03 Å². The quantitative estimate of drug-likeness (QED) is 0.195. The third-order valence-corrected chi connectivity index (χ3v) is 6.22. The second-order valence-electron chi connectivity index (χ2n) is 7.62. The van der Waals surface area contributed by atoms with Crippen molar-refractivity contribution in [3.05, 3.63) is 86.3 Å². The van der Waals surface area contributed by atoms with Crippen molar-refractivity contribution in [1.82, 2.24) is 5.32 Å². The average Bonchev–Trinajstić information content (AvgIpc) is 2.87. The van der Waals surface area contributed by atoms with Gasteiger partial charge in [0.15, 0.2) is 11.5 Å². The third kappa shape index (κ3) is 6.25. The van der Waals surface area contributed by atoms with Crippen LogP contribution in [-0.2, 0) is 9.59 Å². The highest BCUT2D eigenvalue weighted by Gasteiger charge is 2.36. The number of rotatable bonds is 8. The van der Waals surface area contributed by atoms with E-state index in [0.29, 0.717) is 16.3 Å². The zero-order valence-corrected chi connectivity index (χ0v) is 22.4. The van der Waals surface area contributed by atoms with Crippen LogP contribution in [0.4, 0.5) is 10.5 Å². The summed E-state index contributed by atoms with van der Waals surface area (Å²) in [5.74, 6) is -0.369. The van der Waals surface area contributed by atoms with E-state index in [1.807, 2.05) is 24.3 Å². The Labute approximate surface area is 230 Å². The van der Waals surface area contributed by atoms with Crippen molar-refractivity contribution in [3.8, 4) is 17.2 Å². The lowest BCUT2D eigenvalue weighted by Crippen LogP contribution is -2.54. The monoisotopic (exact) mass is 604 g/mol. The number of anilines is 1. The molecule has 0 atom stereocenters. The number of benzene rings is 3. The summed E-state index contributed by atoms with van der Waals surface area (Å²) >= 11 is 15.7. The molecular weight excluding hydrogens is 587 g/mol. The summed E-state index contributed by atoms with van der Waals surface area (Å²) in [5, 5.41) is 2.80. The molecule has 1 N–H and O–H groups in total. The molecule has 37 heavy (non-hydrogen) atoms. The van der Waals surface area contributed by atoms with Crippen LogP contribution in [0, 0.1) is 0 Å². The summed E-state index contributed by atoms with van der Waals surface area (Å²) in [5.41, 5.74) is 0.392. The first kappa shape index (κ1) is 26.5. The molecule has 0 unspecified atom stereocenters. The van der Waals surface area contributed by atoms with Gasteiger partial charge in [-0.2, -0.15) is 0 Å². The van der Waals surface area contributed by atoms with Crippen LogP contribution in [0.25, 0.3) is 6.08 Å². The first-order chi connectivity index (χ1) is 17.8. The van der Waals surface area contributed by atoms with Gasteiger partial charge in [0, 0.05) is 9.50 Å². The molecule has 4 rings (SSSR count). The van der Waals surface area contributed by atoms with Crippen LogP contribution in [0.5, 0.6) is 17.2 Å². The van der Waals surface area contributed by atoms with E-state index in [0.717, 1.165) is 9.37 Å². The van der Waals surface area contributed by atoms with E-state index in [-0.39, 0.29) is 41.0 Å². The van der Waals surface area contributed by atoms with Gasteiger partial charge in [-0.1, -0.05) is 39.1 Å². The fraction of sp³-hybridized carbons (Fsp3) is 0.115. The van der Waals surface area contributed by atoms with E-state index in [4.69, 9.17) is 37.4 Å². The second kappa shape index (κ2) is 11.7. The van der Waals surface area contributed by atoms with E-state index in [1.165, 1.54) is 43.5 Å². The molecule has 3 aromatic rings. The van der Waals surface area contributed by atoms with Gasteiger partial charge in [-0.3, -0.25) is 14.9 Å². The molecule has 3 aromatic carbocycles. The van der Waals surface area contributed by atoms with Crippen molar-refractivity contribution in [3.63, 3.8) is 0 Å². The topological polar surface area (TPSA) is 94.2 Å². The van der Waals surface area contributed by atoms with Crippen LogP contribution < -0.4 is 24.4 Å². The minimum absolute atomic E-state index is 0.186. The fourth-order valence-electron chi connectivity index (χ4n) is 3.45. The first-order valence-corrected chi connectivity index (χ1v) is 12.4. The largest absolute Gasteiger partial charge is 0.493 e. The molecule has 1 heterocycles. The minimum atomic E-state index is -0.862. The Kier molecular flexibility index (Phi) is 8.38. The molecule has 0 aromatic heterocycles. The molecule has 0 bridgehead atoms. The maximum Gasteiger partial charge on any atom is 0.335 e. The summed E-state index contributed by atoms with van der Waals surface area (Å²) in [6, 6.07) is 15.7. The Hall–Kier alpha value is -3.53. The lowest BCUT2D eigenvalue weighted by Gasteiger charge is -2.26. The van der Waals surface area contributed by atoms with Crippen molar-refractivity contribution >= 4 is 68.7 Å². The van der Waals surface area contributed by atoms with Crippen molar-refractivity contribution in [2.24, 2.45) is 0 Å². The lowest BCUT2D eigenvalue weighted by atomic mass is 10.1. The van der Waals surface area contributed by atoms with Crippen molar-refractivity contribution in [2.45, 2.75) is 0 Å². The van der Waals surface area contributed by atoms with Gasteiger partial charge in [0.2, 0.25) is 0 Å². The highest BCUT2D eigenvalue weighted by molar-refractivity contribution is 9.10. The Morgan fingerprint density at radius 3 is 2.30 bits per heavy atom. The molecule has 0 aliphatic carbocycles. The van der Waals surface area contributed by atoms with Gasteiger partial charge in [0.1, 0.15) is 24.5 Å². The highest BCUT2D eigenvalue weighted by Crippen LogP contribution is 2.37. The number of amides is 4. The normalized spacial score (nSPS) is 14.5.